The minimum atomic E-state index is 0.871. The molecule has 0 spiro atoms. The first-order chi connectivity index (χ1) is 9.70. The molecule has 0 radical (unpaired) electrons. The van der Waals surface area contributed by atoms with E-state index < -0.39 is 0 Å². The van der Waals surface area contributed by atoms with Gasteiger partial charge in [-0.05, 0) is 48.7 Å². The number of nitrogens with one attached hydrogen (secondary N) is 1. The summed E-state index contributed by atoms with van der Waals surface area (Å²) in [6, 6.07) is 14.6. The summed E-state index contributed by atoms with van der Waals surface area (Å²) in [6.07, 6.45) is 0.966. The fraction of sp³-hybridized carbons (Fsp3) is 0.294. The topological polar surface area (TPSA) is 21.3 Å². The molecule has 0 saturated carbocycles. The van der Waals surface area contributed by atoms with E-state index in [1.807, 2.05) is 12.1 Å². The predicted octanol–water partition coefficient (Wildman–Crippen LogP) is 4.10. The summed E-state index contributed by atoms with van der Waals surface area (Å²) in [6.45, 7) is 3.90. The molecule has 0 aliphatic carbocycles. The van der Waals surface area contributed by atoms with Crippen LogP contribution < -0.4 is 10.1 Å². The Hall–Kier alpha value is -1.32. The highest BCUT2D eigenvalue weighted by Gasteiger charge is 2.02. The maximum absolute atomic E-state index is 5.36. The monoisotopic (exact) mass is 333 g/mol. The Morgan fingerprint density at radius 1 is 1.10 bits per heavy atom. The largest absolute Gasteiger partial charge is 0.496 e. The average molecular weight is 334 g/mol. The number of hydrogen-bond acceptors (Lipinski definition) is 2. The Labute approximate surface area is 129 Å². The van der Waals surface area contributed by atoms with Crippen molar-refractivity contribution in [3.63, 3.8) is 0 Å². The smallest absolute Gasteiger partial charge is 0.122 e. The van der Waals surface area contributed by atoms with Gasteiger partial charge in [0.2, 0.25) is 0 Å². The van der Waals surface area contributed by atoms with Gasteiger partial charge in [-0.1, -0.05) is 46.3 Å². The summed E-state index contributed by atoms with van der Waals surface area (Å²) in [7, 11) is 1.72. The second kappa shape index (κ2) is 7.46. The van der Waals surface area contributed by atoms with Crippen LogP contribution in [0.15, 0.2) is 46.9 Å². The van der Waals surface area contributed by atoms with E-state index >= 15 is 0 Å². The molecular formula is C17H20BrNO. The molecule has 0 saturated heterocycles. The number of methoxy groups -OCH3 is 1. The summed E-state index contributed by atoms with van der Waals surface area (Å²) in [4.78, 5) is 0. The van der Waals surface area contributed by atoms with Crippen LogP contribution in [0.2, 0.25) is 0 Å². The molecule has 0 unspecified atom stereocenters. The Morgan fingerprint density at radius 3 is 2.65 bits per heavy atom. The van der Waals surface area contributed by atoms with Gasteiger partial charge in [-0.2, -0.15) is 0 Å². The first kappa shape index (κ1) is 15.1. The van der Waals surface area contributed by atoms with Gasteiger partial charge in [0, 0.05) is 11.0 Å². The molecule has 0 aromatic heterocycles. The van der Waals surface area contributed by atoms with Gasteiger partial charge in [-0.15, -0.1) is 0 Å². The number of benzene rings is 2. The third-order valence-electron chi connectivity index (χ3n) is 3.29. The van der Waals surface area contributed by atoms with Gasteiger partial charge in [-0.25, -0.2) is 0 Å². The van der Waals surface area contributed by atoms with Gasteiger partial charge in [0.15, 0.2) is 0 Å². The van der Waals surface area contributed by atoms with Crippen LogP contribution in [0.25, 0.3) is 0 Å². The van der Waals surface area contributed by atoms with Crippen LogP contribution >= 0.6 is 15.9 Å². The van der Waals surface area contributed by atoms with Gasteiger partial charge in [0.1, 0.15) is 5.75 Å². The summed E-state index contributed by atoms with van der Waals surface area (Å²) < 4.78 is 6.53. The van der Waals surface area contributed by atoms with E-state index in [0.717, 1.165) is 25.3 Å². The van der Waals surface area contributed by atoms with Crippen LogP contribution in [0.4, 0.5) is 0 Å². The fourth-order valence-corrected chi connectivity index (χ4v) is 2.78. The molecule has 0 atom stereocenters. The Balaban J connectivity index is 1.84. The number of halogens is 1. The molecule has 0 aliphatic rings. The fourth-order valence-electron chi connectivity index (χ4n) is 2.15. The molecule has 1 N–H and O–H groups in total. The molecule has 2 nitrogen and oxygen atoms in total. The highest BCUT2D eigenvalue weighted by atomic mass is 79.9. The van der Waals surface area contributed by atoms with E-state index in [1.165, 1.54) is 21.2 Å². The Morgan fingerprint density at radius 2 is 1.90 bits per heavy atom. The van der Waals surface area contributed by atoms with Crippen molar-refractivity contribution in [3.05, 3.63) is 63.6 Å². The van der Waals surface area contributed by atoms with E-state index in [0.29, 0.717) is 0 Å². The molecular weight excluding hydrogens is 314 g/mol. The van der Waals surface area contributed by atoms with E-state index in [9.17, 15) is 0 Å². The third kappa shape index (κ3) is 4.09. The van der Waals surface area contributed by atoms with Crippen molar-refractivity contribution in [1.29, 1.82) is 0 Å². The summed E-state index contributed by atoms with van der Waals surface area (Å²) >= 11 is 3.61. The highest BCUT2D eigenvalue weighted by Crippen LogP contribution is 2.19. The van der Waals surface area contributed by atoms with E-state index in [4.69, 9.17) is 4.74 Å². The Bertz CT molecular complexity index is 569. The van der Waals surface area contributed by atoms with Crippen molar-refractivity contribution in [2.75, 3.05) is 13.7 Å². The number of rotatable bonds is 6. The molecule has 0 heterocycles. The van der Waals surface area contributed by atoms with Crippen LogP contribution in [0, 0.1) is 6.92 Å². The quantitative estimate of drug-likeness (QED) is 0.803. The molecule has 106 valence electrons. The number of ether oxygens (including phenoxy) is 1. The summed E-state index contributed by atoms with van der Waals surface area (Å²) in [5.74, 6) is 0.964. The lowest BCUT2D eigenvalue weighted by molar-refractivity contribution is 0.409. The summed E-state index contributed by atoms with van der Waals surface area (Å²) in [5.41, 5.74) is 3.80. The number of hydrogen-bond donors (Lipinski definition) is 1. The lowest BCUT2D eigenvalue weighted by Crippen LogP contribution is -2.17. The molecule has 0 amide bonds. The second-order valence-corrected chi connectivity index (χ2v) is 5.69. The van der Waals surface area contributed by atoms with Gasteiger partial charge in [-0.3, -0.25) is 0 Å². The lowest BCUT2D eigenvalue weighted by atomic mass is 10.1. The Kier molecular flexibility index (Phi) is 5.62. The molecule has 3 heteroatoms. The third-order valence-corrected chi connectivity index (χ3v) is 4.03. The highest BCUT2D eigenvalue weighted by molar-refractivity contribution is 9.10. The second-order valence-electron chi connectivity index (χ2n) is 4.83. The number of para-hydroxylation sites is 1. The first-order valence-corrected chi connectivity index (χ1v) is 7.57. The van der Waals surface area contributed by atoms with Gasteiger partial charge < -0.3 is 10.1 Å². The number of aryl methyl sites for hydroxylation is 1. The van der Waals surface area contributed by atoms with Crippen molar-refractivity contribution in [2.45, 2.75) is 19.9 Å². The molecule has 2 aromatic rings. The summed E-state index contributed by atoms with van der Waals surface area (Å²) in [5, 5.41) is 3.48. The molecule has 2 rings (SSSR count). The predicted molar refractivity (Wildman–Crippen MR) is 87.3 cm³/mol. The molecule has 0 fully saturated rings. The molecule has 0 bridgehead atoms. The van der Waals surface area contributed by atoms with Crippen LogP contribution in [0.3, 0.4) is 0 Å². The van der Waals surface area contributed by atoms with Crippen molar-refractivity contribution in [1.82, 2.24) is 5.32 Å². The van der Waals surface area contributed by atoms with E-state index in [2.05, 4.69) is 58.5 Å². The maximum Gasteiger partial charge on any atom is 0.122 e. The van der Waals surface area contributed by atoms with Crippen molar-refractivity contribution >= 4 is 15.9 Å². The van der Waals surface area contributed by atoms with Gasteiger partial charge >= 0.3 is 0 Å². The van der Waals surface area contributed by atoms with Crippen molar-refractivity contribution < 1.29 is 4.74 Å². The maximum atomic E-state index is 5.36. The van der Waals surface area contributed by atoms with Gasteiger partial charge in [0.05, 0.1) is 7.11 Å². The van der Waals surface area contributed by atoms with Crippen molar-refractivity contribution in [3.8, 4) is 5.75 Å². The van der Waals surface area contributed by atoms with Crippen LogP contribution in [0.5, 0.6) is 5.75 Å². The first-order valence-electron chi connectivity index (χ1n) is 6.78. The SMILES string of the molecule is COc1ccccc1CCNCc1ccc(C)cc1Br. The van der Waals surface area contributed by atoms with E-state index in [1.54, 1.807) is 7.11 Å². The molecule has 20 heavy (non-hydrogen) atoms. The van der Waals surface area contributed by atoms with Gasteiger partial charge in [0.25, 0.3) is 0 Å². The minimum absolute atomic E-state index is 0.871. The molecule has 2 aromatic carbocycles. The normalized spacial score (nSPS) is 10.6. The van der Waals surface area contributed by atoms with E-state index in [-0.39, 0.29) is 0 Å². The zero-order valence-corrected chi connectivity index (χ0v) is 13.5. The zero-order chi connectivity index (χ0) is 14.4. The average Bonchev–Trinajstić information content (AvgIpc) is 2.46. The van der Waals surface area contributed by atoms with Crippen molar-refractivity contribution in [2.24, 2.45) is 0 Å². The zero-order valence-electron chi connectivity index (χ0n) is 11.9. The van der Waals surface area contributed by atoms with Crippen LogP contribution in [-0.2, 0) is 13.0 Å². The van der Waals surface area contributed by atoms with Crippen LogP contribution in [-0.4, -0.2) is 13.7 Å². The lowest BCUT2D eigenvalue weighted by Gasteiger charge is -2.10. The standard InChI is InChI=1S/C17H20BrNO/c1-13-7-8-15(16(18)11-13)12-19-10-9-14-5-3-4-6-17(14)20-2/h3-8,11,19H,9-10,12H2,1-2H3. The van der Waals surface area contributed by atoms with Crippen LogP contribution in [0.1, 0.15) is 16.7 Å². The minimum Gasteiger partial charge on any atom is -0.496 e. The molecule has 0 aliphatic heterocycles.